The number of halogens is 3. The molecule has 1 aliphatic carbocycles. The number of carbonyl (C=O) groups is 1. The maximum Gasteiger partial charge on any atom is 0.416 e. The molecule has 0 saturated heterocycles. The zero-order chi connectivity index (χ0) is 35.5. The van der Waals surface area contributed by atoms with Crippen molar-refractivity contribution in [3.05, 3.63) is 118 Å². The van der Waals surface area contributed by atoms with Gasteiger partial charge in [0.15, 0.2) is 11.4 Å². The highest BCUT2D eigenvalue weighted by Gasteiger charge is 2.35. The molecule has 1 fully saturated rings. The number of aryl methyl sites for hydroxylation is 1. The van der Waals surface area contributed by atoms with E-state index in [0.29, 0.717) is 17.2 Å². The molecule has 5 aromatic rings. The van der Waals surface area contributed by atoms with Gasteiger partial charge in [-0.3, -0.25) is 4.57 Å². The average Bonchev–Trinajstić information content (AvgIpc) is 3.78. The van der Waals surface area contributed by atoms with E-state index in [-0.39, 0.29) is 28.0 Å². The van der Waals surface area contributed by atoms with Crippen molar-refractivity contribution in [2.45, 2.75) is 49.7 Å². The molecule has 2 heterocycles. The van der Waals surface area contributed by atoms with Crippen molar-refractivity contribution in [2.75, 3.05) is 0 Å². The zero-order valence-electron chi connectivity index (χ0n) is 26.3. The van der Waals surface area contributed by atoms with E-state index in [0.717, 1.165) is 47.0 Å². The molecule has 0 unspecified atom stereocenters. The Hall–Kier alpha value is -5.53. The first-order valence-electron chi connectivity index (χ1n) is 15.0. The molecule has 1 amide bonds. The number of carbonyl (C=O) groups excluding carboxylic acids is 1. The summed E-state index contributed by atoms with van der Waals surface area (Å²) in [5.41, 5.74) is -0.287. The highest BCUT2D eigenvalue weighted by Crippen LogP contribution is 2.31. The Morgan fingerprint density at radius 1 is 1.02 bits per heavy atom. The second-order valence-corrected chi connectivity index (χ2v) is 12.6. The van der Waals surface area contributed by atoms with Gasteiger partial charge in [0, 0.05) is 11.1 Å². The lowest BCUT2D eigenvalue weighted by atomic mass is 10.2. The molecule has 0 aliphatic heterocycles. The summed E-state index contributed by atoms with van der Waals surface area (Å²) < 4.78 is 76.6. The van der Waals surface area contributed by atoms with Gasteiger partial charge in [-0.05, 0) is 62.2 Å². The Bertz CT molecular complexity index is 2200. The van der Waals surface area contributed by atoms with Crippen LogP contribution >= 0.6 is 0 Å². The standard InChI is InChI=1S/C27H24F3N7O2.C6H6O3S/c1-17-23(24-34(3)16-32-37(24)21-13-11-19(31-2)12-14-21)36(25(38)33-20-8-4-5-9-20)26(39)35(17)22-10-6-7-18(15-22)27(28,29)30;7-10(8,9)6-4-2-1-3-5-6/h6-7,10-16,20H,4-5,8-9H2,1,3H3;1-5H,(H,7,8,9). The zero-order valence-corrected chi connectivity index (χ0v) is 27.1. The van der Waals surface area contributed by atoms with Gasteiger partial charge >= 0.3 is 17.9 Å². The average molecular weight is 694 g/mol. The molecule has 49 heavy (non-hydrogen) atoms. The van der Waals surface area contributed by atoms with Gasteiger partial charge in [-0.15, -0.1) is 0 Å². The number of benzene rings is 3. The summed E-state index contributed by atoms with van der Waals surface area (Å²) in [6, 6.07) is 17.5. The molecule has 1 aliphatic rings. The third-order valence-corrected chi connectivity index (χ3v) is 8.79. The summed E-state index contributed by atoms with van der Waals surface area (Å²) in [7, 11) is -2.56. The van der Waals surface area contributed by atoms with Crippen molar-refractivity contribution in [3.8, 4) is 22.9 Å². The fraction of sp³-hybridized carbons (Fsp3) is 0.242. The molecule has 254 valence electrons. The molecule has 3 aromatic carbocycles. The minimum Gasteiger partial charge on any atom is -0.744 e. The predicted molar refractivity (Wildman–Crippen MR) is 170 cm³/mol. The van der Waals surface area contributed by atoms with Crippen molar-refractivity contribution < 1.29 is 35.5 Å². The van der Waals surface area contributed by atoms with Gasteiger partial charge in [0.1, 0.15) is 15.8 Å². The predicted octanol–water partition coefficient (Wildman–Crippen LogP) is 5.29. The SMILES string of the molecule is O=S(=O)([O-])c1ccccc1.[C-]#[N+]c1ccc(-n2nc[n+](C)c2-c2c(C)n(-c3cccc(C(F)(F)F)c3)c(=O)n2C(=O)NC2CCCC2)cc1. The van der Waals surface area contributed by atoms with Gasteiger partial charge in [0.05, 0.1) is 35.5 Å². The van der Waals surface area contributed by atoms with Crippen LogP contribution in [0.5, 0.6) is 0 Å². The Labute approximate surface area is 279 Å². The third-order valence-electron chi connectivity index (χ3n) is 7.94. The van der Waals surface area contributed by atoms with E-state index < -0.39 is 33.6 Å². The lowest BCUT2D eigenvalue weighted by molar-refractivity contribution is -0.661. The number of nitrogens with zero attached hydrogens (tertiary/aromatic N) is 6. The number of hydrogen-bond donors (Lipinski definition) is 1. The molecule has 0 spiro atoms. The molecule has 0 bridgehead atoms. The summed E-state index contributed by atoms with van der Waals surface area (Å²) in [5, 5.41) is 7.34. The van der Waals surface area contributed by atoms with E-state index in [1.807, 2.05) is 0 Å². The van der Waals surface area contributed by atoms with Crippen LogP contribution in [0.25, 0.3) is 27.7 Å². The smallest absolute Gasteiger partial charge is 0.416 e. The number of imidazole rings is 1. The molecule has 0 radical (unpaired) electrons. The summed E-state index contributed by atoms with van der Waals surface area (Å²) >= 11 is 0. The Morgan fingerprint density at radius 2 is 1.67 bits per heavy atom. The van der Waals surface area contributed by atoms with Crippen molar-refractivity contribution in [1.29, 1.82) is 0 Å². The topological polar surface area (TPSA) is 139 Å². The third kappa shape index (κ3) is 7.47. The van der Waals surface area contributed by atoms with Gasteiger partial charge in [0.2, 0.25) is 0 Å². The van der Waals surface area contributed by atoms with Crippen LogP contribution in [0.15, 0.2) is 94.9 Å². The van der Waals surface area contributed by atoms with Gasteiger partial charge < -0.3 is 9.87 Å². The van der Waals surface area contributed by atoms with Gasteiger partial charge in [-0.2, -0.15) is 13.2 Å². The maximum absolute atomic E-state index is 13.8. The molecule has 6 rings (SSSR count). The number of nitrogens with one attached hydrogen (secondary N) is 1. The molecule has 1 N–H and O–H groups in total. The van der Waals surface area contributed by atoms with Crippen molar-refractivity contribution in [2.24, 2.45) is 7.05 Å². The van der Waals surface area contributed by atoms with Gasteiger partial charge in [-0.1, -0.05) is 53.9 Å². The fourth-order valence-corrected chi connectivity index (χ4v) is 6.08. The first kappa shape index (κ1) is 34.8. The minimum absolute atomic E-state index is 0.0175. The first-order chi connectivity index (χ1) is 23.2. The van der Waals surface area contributed by atoms with E-state index in [9.17, 15) is 35.7 Å². The van der Waals surface area contributed by atoms with E-state index in [1.54, 1.807) is 48.9 Å². The summed E-state index contributed by atoms with van der Waals surface area (Å²) in [6.07, 6.45) is 0.368. The molecule has 1 saturated carbocycles. The highest BCUT2D eigenvalue weighted by molar-refractivity contribution is 7.85. The van der Waals surface area contributed by atoms with Crippen LogP contribution in [0, 0.1) is 13.5 Å². The number of alkyl halides is 3. The molecular weight excluding hydrogens is 663 g/mol. The highest BCUT2D eigenvalue weighted by atomic mass is 32.2. The van der Waals surface area contributed by atoms with Crippen LogP contribution in [0.4, 0.5) is 23.7 Å². The Balaban J connectivity index is 0.000000402. The quantitative estimate of drug-likeness (QED) is 0.151. The monoisotopic (exact) mass is 693 g/mol. The van der Waals surface area contributed by atoms with Crippen molar-refractivity contribution >= 4 is 21.8 Å². The second-order valence-electron chi connectivity index (χ2n) is 11.2. The molecule has 0 atom stereocenters. The largest absolute Gasteiger partial charge is 0.744 e. The molecule has 2 aromatic heterocycles. The van der Waals surface area contributed by atoms with Crippen LogP contribution in [0.2, 0.25) is 0 Å². The van der Waals surface area contributed by atoms with Crippen LogP contribution in [0.3, 0.4) is 0 Å². The fourth-order valence-electron chi connectivity index (χ4n) is 5.59. The lowest BCUT2D eigenvalue weighted by Crippen LogP contribution is -2.42. The summed E-state index contributed by atoms with van der Waals surface area (Å²) in [5.74, 6) is 0.354. The molecule has 12 nitrogen and oxygen atoms in total. The van der Waals surface area contributed by atoms with Gasteiger partial charge in [-0.25, -0.2) is 32.0 Å². The number of amides is 1. The molecular formula is C33H30F3N7O5S. The van der Waals surface area contributed by atoms with Crippen molar-refractivity contribution in [3.63, 3.8) is 0 Å². The second kappa shape index (κ2) is 13.9. The van der Waals surface area contributed by atoms with Crippen LogP contribution in [-0.2, 0) is 23.3 Å². The van der Waals surface area contributed by atoms with E-state index in [1.165, 1.54) is 47.4 Å². The maximum atomic E-state index is 13.8. The van der Waals surface area contributed by atoms with Crippen LogP contribution < -0.4 is 15.6 Å². The van der Waals surface area contributed by atoms with Crippen LogP contribution in [-0.4, -0.2) is 44.0 Å². The number of aromatic nitrogens is 5. The van der Waals surface area contributed by atoms with E-state index in [4.69, 9.17) is 6.57 Å². The van der Waals surface area contributed by atoms with Crippen LogP contribution in [0.1, 0.15) is 36.9 Å². The normalized spacial score (nSPS) is 13.4. The van der Waals surface area contributed by atoms with E-state index >= 15 is 0 Å². The number of rotatable bonds is 5. The lowest BCUT2D eigenvalue weighted by Gasteiger charge is -2.13. The first-order valence-corrected chi connectivity index (χ1v) is 16.4. The minimum atomic E-state index is -4.61. The summed E-state index contributed by atoms with van der Waals surface area (Å²) in [6.45, 7) is 8.78. The van der Waals surface area contributed by atoms with Crippen molar-refractivity contribution in [1.82, 2.24) is 24.2 Å². The Kier molecular flexibility index (Phi) is 9.88. The number of hydrogen-bond acceptors (Lipinski definition) is 6. The Morgan fingerprint density at radius 3 is 2.24 bits per heavy atom. The van der Waals surface area contributed by atoms with E-state index in [2.05, 4.69) is 15.3 Å². The van der Waals surface area contributed by atoms with Gasteiger partial charge in [0.25, 0.3) is 12.2 Å². The molecule has 16 heteroatoms. The summed E-state index contributed by atoms with van der Waals surface area (Å²) in [4.78, 5) is 30.6.